The van der Waals surface area contributed by atoms with Crippen LogP contribution in [-0.4, -0.2) is 38.6 Å². The van der Waals surface area contributed by atoms with Gasteiger partial charge >= 0.3 is 14.6 Å². The first-order valence-corrected chi connectivity index (χ1v) is 16.6. The molecule has 14 nitrogen and oxygen atoms in total. The zero-order valence-corrected chi connectivity index (χ0v) is 29.8. The Balaban J connectivity index is 0.000000190. The second-order valence-corrected chi connectivity index (χ2v) is 16.3. The molecule has 0 spiro atoms. The minimum Gasteiger partial charge on any atom is -0.397 e. The van der Waals surface area contributed by atoms with Gasteiger partial charge < -0.3 is 16.5 Å². The molecule has 6 heterocycles. The van der Waals surface area contributed by atoms with E-state index < -0.39 is 0 Å². The lowest BCUT2D eigenvalue weighted by molar-refractivity contribution is 0.401. The summed E-state index contributed by atoms with van der Waals surface area (Å²) in [7, 11) is 0. The number of nitrogens with one attached hydrogen (secondary N) is 1. The molecule has 0 atom stereocenters. The number of nitrogens with zero attached hydrogens (tertiary/aromatic N) is 7. The summed E-state index contributed by atoms with van der Waals surface area (Å²) >= 11 is 3.18. The number of pyridine rings is 1. The highest BCUT2D eigenvalue weighted by molar-refractivity contribution is 7.17. The molecule has 0 saturated carbocycles. The van der Waals surface area contributed by atoms with Crippen molar-refractivity contribution in [3.8, 4) is 0 Å². The van der Waals surface area contributed by atoms with Crippen LogP contribution in [0.15, 0.2) is 37.8 Å². The lowest BCUT2D eigenvalue weighted by Crippen LogP contribution is -2.30. The van der Waals surface area contributed by atoms with Gasteiger partial charge in [-0.2, -0.15) is 0 Å². The number of nitrogen functional groups attached to an aromatic ring is 2. The molecule has 0 aromatic carbocycles. The van der Waals surface area contributed by atoms with Gasteiger partial charge in [0.1, 0.15) is 27.4 Å². The smallest absolute Gasteiger partial charge is 0.310 e. The molecule has 254 valence electrons. The van der Waals surface area contributed by atoms with E-state index in [1.54, 1.807) is 32.9 Å². The quantitative estimate of drug-likeness (QED) is 0.197. The third-order valence-electron chi connectivity index (χ3n) is 6.47. The summed E-state index contributed by atoms with van der Waals surface area (Å²) in [6, 6.07) is 1.71. The Kier molecular flexibility index (Phi) is 10.4. The number of fused-ring (bicyclic) bond motifs is 3. The van der Waals surface area contributed by atoms with E-state index in [2.05, 4.69) is 24.9 Å². The molecule has 0 aliphatic heterocycles. The Hall–Kier alpha value is -4.22. The molecule has 0 radical (unpaired) electrons. The molecule has 0 aliphatic carbocycles. The van der Waals surface area contributed by atoms with Gasteiger partial charge in [-0.1, -0.05) is 41.4 Å². The number of aryl methyl sites for hydroxylation is 1. The van der Waals surface area contributed by atoms with Crippen LogP contribution in [-0.2, 0) is 16.6 Å². The van der Waals surface area contributed by atoms with Gasteiger partial charge in [0.15, 0.2) is 16.9 Å². The zero-order valence-electron chi connectivity index (χ0n) is 27.4. The first kappa shape index (κ1) is 37.2. The Bertz CT molecular complexity index is 2200. The van der Waals surface area contributed by atoms with Crippen LogP contribution in [0.2, 0.25) is 0 Å². The number of anilines is 2. The Morgan fingerprint density at radius 3 is 1.62 bits per heavy atom. The maximum absolute atomic E-state index is 11.8. The molecular formula is C30H42N10O4S3. The normalized spacial score (nSPS) is 12.0. The molecule has 6 rings (SSSR count). The van der Waals surface area contributed by atoms with Gasteiger partial charge in [0, 0.05) is 22.8 Å². The van der Waals surface area contributed by atoms with Crippen molar-refractivity contribution in [3.63, 3.8) is 0 Å². The monoisotopic (exact) mass is 702 g/mol. The Morgan fingerprint density at radius 2 is 1.11 bits per heavy atom. The number of nitrogens with two attached hydrogens (primary N) is 2. The van der Waals surface area contributed by atoms with Crippen molar-refractivity contribution in [2.45, 2.75) is 93.3 Å². The fourth-order valence-electron chi connectivity index (χ4n) is 4.59. The maximum Gasteiger partial charge on any atom is 0.310 e. The second kappa shape index (κ2) is 13.1. The number of rotatable bonds is 0. The third-order valence-corrected chi connectivity index (χ3v) is 9.33. The Morgan fingerprint density at radius 1 is 0.660 bits per heavy atom. The van der Waals surface area contributed by atoms with Crippen molar-refractivity contribution in [3.05, 3.63) is 63.8 Å². The van der Waals surface area contributed by atoms with E-state index >= 15 is 0 Å². The van der Waals surface area contributed by atoms with Crippen LogP contribution in [0.1, 0.15) is 75.6 Å². The summed E-state index contributed by atoms with van der Waals surface area (Å²) in [4.78, 5) is 65.9. The average Bonchev–Trinajstić information content (AvgIpc) is 3.54. The van der Waals surface area contributed by atoms with Crippen LogP contribution < -0.4 is 31.6 Å². The highest BCUT2D eigenvalue weighted by atomic mass is 32.1. The number of H-pyrrole nitrogens is 1. The first-order chi connectivity index (χ1) is 21.1. The highest BCUT2D eigenvalue weighted by Crippen LogP contribution is 2.26. The minimum absolute atomic E-state index is 0. The second-order valence-electron chi connectivity index (χ2n) is 13.4. The van der Waals surface area contributed by atoms with Gasteiger partial charge in [-0.15, -0.1) is 0 Å². The van der Waals surface area contributed by atoms with Crippen LogP contribution in [0.3, 0.4) is 0 Å². The molecule has 0 aliphatic rings. The van der Waals surface area contributed by atoms with Gasteiger partial charge in [-0.25, -0.2) is 19.9 Å². The van der Waals surface area contributed by atoms with E-state index in [1.165, 1.54) is 6.33 Å². The van der Waals surface area contributed by atoms with Crippen LogP contribution in [0.25, 0.3) is 31.0 Å². The molecule has 0 bridgehead atoms. The van der Waals surface area contributed by atoms with Gasteiger partial charge in [-0.3, -0.25) is 32.9 Å². The summed E-state index contributed by atoms with van der Waals surface area (Å²) in [5.41, 5.74) is 12.7. The SMILES string of the molecule is C.CC(C)(C)n1c(=O)sc2c(N)ccnc21.CC(C)(C)n1c(=O)sc2c(N)ncnc21.Cc1nc2c(sc(=O)n2C(C)(C)C)c(=O)[nH]1. The number of aromatic nitrogens is 8. The molecular weight excluding hydrogens is 661 g/mol. The van der Waals surface area contributed by atoms with Gasteiger partial charge in [-0.05, 0) is 75.3 Å². The minimum atomic E-state index is -0.372. The van der Waals surface area contributed by atoms with E-state index in [-0.39, 0.29) is 44.2 Å². The molecule has 6 aromatic heterocycles. The first-order valence-electron chi connectivity index (χ1n) is 14.1. The lowest BCUT2D eigenvalue weighted by Gasteiger charge is -2.20. The standard InChI is InChI=1S/C10H13N3O2S.C10H13N3OS.C9H12N4OS.CH4/c1-5-11-7-6(8(14)12-5)16-9(15)13(7)10(2,3)4;1-10(2,3)13-8-7(15-9(13)14)6(11)4-5-12-8;1-9(2,3)13-7-5(15-8(13)14)6(10)11-4-12-7;/h1-4H3,(H,11,12,14);4-5H,1-3H3,(H2,11,12);4H,1-3H3,(H2,10,11,12);1H4. The van der Waals surface area contributed by atoms with Crippen LogP contribution in [0, 0.1) is 6.92 Å². The number of thiazole rings is 3. The van der Waals surface area contributed by atoms with E-state index in [1.807, 2.05) is 62.3 Å². The van der Waals surface area contributed by atoms with Gasteiger partial charge in [0.2, 0.25) is 0 Å². The van der Waals surface area contributed by atoms with Crippen molar-refractivity contribution < 1.29 is 0 Å². The molecule has 0 unspecified atom stereocenters. The number of aromatic amines is 1. The van der Waals surface area contributed by atoms with E-state index in [9.17, 15) is 19.2 Å². The van der Waals surface area contributed by atoms with E-state index in [0.717, 1.165) is 38.7 Å². The van der Waals surface area contributed by atoms with Gasteiger partial charge in [0.25, 0.3) is 5.56 Å². The summed E-state index contributed by atoms with van der Waals surface area (Å²) in [6.45, 7) is 19.3. The van der Waals surface area contributed by atoms with E-state index in [4.69, 9.17) is 11.5 Å². The summed E-state index contributed by atoms with van der Waals surface area (Å²) < 4.78 is 6.73. The van der Waals surface area contributed by atoms with Crippen molar-refractivity contribution in [1.29, 1.82) is 0 Å². The van der Waals surface area contributed by atoms with Crippen LogP contribution >= 0.6 is 34.0 Å². The van der Waals surface area contributed by atoms with Crippen molar-refractivity contribution in [1.82, 2.24) is 38.6 Å². The average molecular weight is 703 g/mol. The lowest BCUT2D eigenvalue weighted by atomic mass is 10.1. The topological polar surface area (TPSA) is 202 Å². The van der Waals surface area contributed by atoms with Gasteiger partial charge in [0.05, 0.1) is 10.4 Å². The van der Waals surface area contributed by atoms with E-state index in [0.29, 0.717) is 43.7 Å². The Labute approximate surface area is 282 Å². The molecule has 5 N–H and O–H groups in total. The predicted molar refractivity (Wildman–Crippen MR) is 195 cm³/mol. The summed E-state index contributed by atoms with van der Waals surface area (Å²) in [5, 5.41) is 0. The molecule has 0 fully saturated rings. The fraction of sp³-hybridized carbons (Fsp3) is 0.467. The number of hydrogen-bond donors (Lipinski definition) is 3. The van der Waals surface area contributed by atoms with Crippen LogP contribution in [0.4, 0.5) is 11.5 Å². The molecule has 47 heavy (non-hydrogen) atoms. The molecule has 17 heteroatoms. The zero-order chi connectivity index (χ0) is 34.5. The number of hydrogen-bond acceptors (Lipinski definition) is 13. The highest BCUT2D eigenvalue weighted by Gasteiger charge is 2.24. The molecule has 0 amide bonds. The third kappa shape index (κ3) is 7.52. The maximum atomic E-state index is 11.8. The van der Waals surface area contributed by atoms with Crippen molar-refractivity contribution >= 4 is 76.6 Å². The van der Waals surface area contributed by atoms with Crippen LogP contribution in [0.5, 0.6) is 0 Å². The fourth-order valence-corrected chi connectivity index (χ4v) is 7.65. The largest absolute Gasteiger partial charge is 0.397 e. The van der Waals surface area contributed by atoms with Crippen molar-refractivity contribution in [2.24, 2.45) is 0 Å². The molecule has 0 saturated heterocycles. The molecule has 6 aromatic rings. The summed E-state index contributed by atoms with van der Waals surface area (Å²) in [5.74, 6) is 0.887. The predicted octanol–water partition coefficient (Wildman–Crippen LogP) is 4.83. The summed E-state index contributed by atoms with van der Waals surface area (Å²) in [6.07, 6.45) is 3.01. The van der Waals surface area contributed by atoms with Crippen molar-refractivity contribution in [2.75, 3.05) is 11.5 Å².